The smallest absolute Gasteiger partial charge is 0.410 e. The number of fused-ring (bicyclic) bond motifs is 1. The average Bonchev–Trinajstić information content (AvgIpc) is 3.35. The molecular weight excluding hydrogens is 526 g/mol. The van der Waals surface area contributed by atoms with Gasteiger partial charge in [0.15, 0.2) is 0 Å². The summed E-state index contributed by atoms with van der Waals surface area (Å²) in [7, 11) is 1.36. The summed E-state index contributed by atoms with van der Waals surface area (Å²) in [5, 5.41) is 0. The number of nitrogens with zero attached hydrogens (tertiary/aromatic N) is 1. The first-order valence-corrected chi connectivity index (χ1v) is 13.7. The summed E-state index contributed by atoms with van der Waals surface area (Å²) in [6.07, 6.45) is 0.0763. The fourth-order valence-corrected chi connectivity index (χ4v) is 4.75. The Hall–Kier alpha value is -4.08. The fourth-order valence-electron chi connectivity index (χ4n) is 4.75. The first-order valence-electron chi connectivity index (χ1n) is 13.7. The van der Waals surface area contributed by atoms with Crippen LogP contribution in [0.3, 0.4) is 0 Å². The molecule has 9 nitrogen and oxygen atoms in total. The van der Waals surface area contributed by atoms with Crippen molar-refractivity contribution in [2.75, 3.05) is 33.4 Å². The Morgan fingerprint density at radius 2 is 1.85 bits per heavy atom. The SMILES string of the molecule is COC(=O)c1cccc(COCCOc2ccc(CCN3CC(c4ccc5c(c4)COC(C)(C)O5)OC3=O)cc2)c1. The van der Waals surface area contributed by atoms with Crippen LogP contribution in [0.4, 0.5) is 4.79 Å². The van der Waals surface area contributed by atoms with E-state index in [1.165, 1.54) is 7.11 Å². The van der Waals surface area contributed by atoms with Gasteiger partial charge in [-0.15, -0.1) is 0 Å². The lowest BCUT2D eigenvalue weighted by Gasteiger charge is -2.32. The number of cyclic esters (lactones) is 1. The van der Waals surface area contributed by atoms with E-state index in [1.807, 2.05) is 62.4 Å². The Bertz CT molecular complexity index is 1370. The van der Waals surface area contributed by atoms with E-state index in [0.717, 1.165) is 33.8 Å². The van der Waals surface area contributed by atoms with Gasteiger partial charge in [-0.25, -0.2) is 9.59 Å². The molecule has 2 heterocycles. The average molecular weight is 562 g/mol. The zero-order chi connectivity index (χ0) is 28.8. The third-order valence-electron chi connectivity index (χ3n) is 6.98. The van der Waals surface area contributed by atoms with Crippen LogP contribution in [0.15, 0.2) is 66.7 Å². The van der Waals surface area contributed by atoms with Crippen LogP contribution in [-0.4, -0.2) is 56.2 Å². The van der Waals surface area contributed by atoms with Gasteiger partial charge in [0.1, 0.15) is 24.2 Å². The molecule has 1 fully saturated rings. The number of esters is 1. The Morgan fingerprint density at radius 1 is 1.02 bits per heavy atom. The lowest BCUT2D eigenvalue weighted by Crippen LogP contribution is -2.35. The number of hydrogen-bond donors (Lipinski definition) is 0. The highest BCUT2D eigenvalue weighted by Gasteiger charge is 2.33. The van der Waals surface area contributed by atoms with E-state index in [9.17, 15) is 9.59 Å². The molecule has 0 saturated carbocycles. The van der Waals surface area contributed by atoms with Gasteiger partial charge >= 0.3 is 12.1 Å². The van der Waals surface area contributed by atoms with Gasteiger partial charge in [0, 0.05) is 26.0 Å². The highest BCUT2D eigenvalue weighted by molar-refractivity contribution is 5.89. The summed E-state index contributed by atoms with van der Waals surface area (Å²) in [6, 6.07) is 20.9. The molecule has 1 saturated heterocycles. The molecule has 1 unspecified atom stereocenters. The number of amides is 1. The summed E-state index contributed by atoms with van der Waals surface area (Å²) in [5.41, 5.74) is 4.38. The van der Waals surface area contributed by atoms with Gasteiger partial charge < -0.3 is 33.3 Å². The second-order valence-electron chi connectivity index (χ2n) is 10.5. The maximum Gasteiger partial charge on any atom is 0.410 e. The number of carbonyl (C=O) groups is 2. The van der Waals surface area contributed by atoms with Crippen molar-refractivity contribution in [3.05, 3.63) is 94.5 Å². The molecule has 0 aliphatic carbocycles. The summed E-state index contributed by atoms with van der Waals surface area (Å²) in [5.74, 6) is 0.527. The predicted molar refractivity (Wildman–Crippen MR) is 150 cm³/mol. The number of ether oxygens (including phenoxy) is 6. The van der Waals surface area contributed by atoms with E-state index in [1.54, 1.807) is 23.1 Å². The first kappa shape index (κ1) is 28.4. The van der Waals surface area contributed by atoms with Gasteiger partial charge in [0.05, 0.1) is 39.0 Å². The van der Waals surface area contributed by atoms with E-state index in [4.69, 9.17) is 28.4 Å². The normalized spacial score (nSPS) is 17.4. The molecule has 0 bridgehead atoms. The van der Waals surface area contributed by atoms with Crippen LogP contribution in [0, 0.1) is 0 Å². The molecule has 1 amide bonds. The molecule has 0 N–H and O–H groups in total. The van der Waals surface area contributed by atoms with Crippen molar-refractivity contribution in [1.29, 1.82) is 0 Å². The van der Waals surface area contributed by atoms with Crippen molar-refractivity contribution in [3.63, 3.8) is 0 Å². The zero-order valence-corrected chi connectivity index (χ0v) is 23.6. The lowest BCUT2D eigenvalue weighted by atomic mass is 10.0. The summed E-state index contributed by atoms with van der Waals surface area (Å²) < 4.78 is 33.5. The molecule has 0 spiro atoms. The van der Waals surface area contributed by atoms with E-state index in [0.29, 0.717) is 51.5 Å². The number of benzene rings is 3. The fraction of sp³-hybridized carbons (Fsp3) is 0.375. The van der Waals surface area contributed by atoms with Gasteiger partial charge in [-0.3, -0.25) is 0 Å². The molecule has 9 heteroatoms. The van der Waals surface area contributed by atoms with E-state index >= 15 is 0 Å². The monoisotopic (exact) mass is 561 g/mol. The molecule has 41 heavy (non-hydrogen) atoms. The molecule has 3 aromatic carbocycles. The standard InChI is InChI=1S/C32H35NO8/c1-32(2)39-21-26-18-24(9-12-28(26)41-32)29-19-33(31(35)40-29)14-13-22-7-10-27(11-8-22)38-16-15-37-20-23-5-4-6-25(17-23)30(34)36-3/h4-12,17-18,29H,13-16,19-21H2,1-3H3. The van der Waals surface area contributed by atoms with Gasteiger partial charge in [-0.2, -0.15) is 0 Å². The molecule has 5 rings (SSSR count). The molecule has 1 atom stereocenters. The van der Waals surface area contributed by atoms with E-state index < -0.39 is 5.79 Å². The number of methoxy groups -OCH3 is 1. The third kappa shape index (κ3) is 7.36. The Labute approximate surface area is 239 Å². The topological polar surface area (TPSA) is 92.8 Å². The molecule has 3 aromatic rings. The zero-order valence-electron chi connectivity index (χ0n) is 23.6. The number of hydrogen-bond acceptors (Lipinski definition) is 8. The minimum absolute atomic E-state index is 0.307. The van der Waals surface area contributed by atoms with Crippen molar-refractivity contribution in [2.24, 2.45) is 0 Å². The largest absolute Gasteiger partial charge is 0.491 e. The molecule has 2 aliphatic rings. The Kier molecular flexibility index (Phi) is 8.75. The van der Waals surface area contributed by atoms with E-state index in [2.05, 4.69) is 0 Å². The second-order valence-corrected chi connectivity index (χ2v) is 10.5. The molecular formula is C32H35NO8. The van der Waals surface area contributed by atoms with Crippen LogP contribution < -0.4 is 9.47 Å². The molecule has 216 valence electrons. The number of rotatable bonds is 11. The van der Waals surface area contributed by atoms with Crippen LogP contribution in [0.5, 0.6) is 11.5 Å². The van der Waals surface area contributed by atoms with Crippen LogP contribution in [0.1, 0.15) is 52.6 Å². The highest BCUT2D eigenvalue weighted by atomic mass is 16.7. The van der Waals surface area contributed by atoms with Crippen LogP contribution in [0.25, 0.3) is 0 Å². The Balaban J connectivity index is 1.03. The van der Waals surface area contributed by atoms with Crippen LogP contribution in [-0.2, 0) is 38.6 Å². The predicted octanol–water partition coefficient (Wildman–Crippen LogP) is 5.45. The van der Waals surface area contributed by atoms with Crippen molar-refractivity contribution in [2.45, 2.75) is 45.4 Å². The summed E-state index contributed by atoms with van der Waals surface area (Å²) in [4.78, 5) is 25.9. The van der Waals surface area contributed by atoms with Crippen molar-refractivity contribution >= 4 is 12.1 Å². The van der Waals surface area contributed by atoms with Crippen molar-refractivity contribution < 1.29 is 38.0 Å². The first-order chi connectivity index (χ1) is 19.8. The van der Waals surface area contributed by atoms with Crippen LogP contribution in [0.2, 0.25) is 0 Å². The quantitative estimate of drug-likeness (QED) is 0.225. The minimum Gasteiger partial charge on any atom is -0.491 e. The highest BCUT2D eigenvalue weighted by Crippen LogP contribution is 2.35. The third-order valence-corrected chi connectivity index (χ3v) is 6.98. The summed E-state index contributed by atoms with van der Waals surface area (Å²) >= 11 is 0. The van der Waals surface area contributed by atoms with Gasteiger partial charge in [-0.05, 0) is 59.5 Å². The van der Waals surface area contributed by atoms with Crippen molar-refractivity contribution in [3.8, 4) is 11.5 Å². The van der Waals surface area contributed by atoms with Gasteiger partial charge in [-0.1, -0.05) is 30.3 Å². The second kappa shape index (κ2) is 12.6. The van der Waals surface area contributed by atoms with Crippen LogP contribution >= 0.6 is 0 Å². The molecule has 0 radical (unpaired) electrons. The lowest BCUT2D eigenvalue weighted by molar-refractivity contribution is -0.180. The van der Waals surface area contributed by atoms with Gasteiger partial charge in [0.25, 0.3) is 0 Å². The van der Waals surface area contributed by atoms with E-state index in [-0.39, 0.29) is 18.2 Å². The maximum atomic E-state index is 12.5. The number of carbonyl (C=O) groups excluding carboxylic acids is 2. The van der Waals surface area contributed by atoms with Gasteiger partial charge in [0.2, 0.25) is 5.79 Å². The molecule has 2 aliphatic heterocycles. The Morgan fingerprint density at radius 3 is 2.66 bits per heavy atom. The van der Waals surface area contributed by atoms with Crippen molar-refractivity contribution in [1.82, 2.24) is 4.90 Å². The summed E-state index contributed by atoms with van der Waals surface area (Å²) in [6.45, 7) is 6.47. The maximum absolute atomic E-state index is 12.5. The molecule has 0 aromatic heterocycles. The minimum atomic E-state index is -0.647.